The van der Waals surface area contributed by atoms with Crippen LogP contribution in [0, 0.1) is 0 Å². The third-order valence-corrected chi connectivity index (χ3v) is 5.00. The van der Waals surface area contributed by atoms with E-state index in [4.69, 9.17) is 33.7 Å². The monoisotopic (exact) mass is 476 g/mol. The standard InChI is InChI=1S/C16H11Cl2N5O2.C5H11NO/c17-10-4-1-5-11(18)13(10)23-8-21-14(19)12(16(23)25)15(24)22-9-3-2-6-20-7-9;1-2-6-3-5-7-4-1/h1-8H,19H2,(H,22,24);6H,1-5H2. The molecule has 1 aliphatic heterocycles. The van der Waals surface area contributed by atoms with Gasteiger partial charge in [-0.2, -0.15) is 0 Å². The van der Waals surface area contributed by atoms with Crippen molar-refractivity contribution in [1.82, 2.24) is 19.9 Å². The summed E-state index contributed by atoms with van der Waals surface area (Å²) in [7, 11) is 0. The first-order valence-corrected chi connectivity index (χ1v) is 10.6. The lowest BCUT2D eigenvalue weighted by Gasteiger charge is -2.12. The summed E-state index contributed by atoms with van der Waals surface area (Å²) in [6.45, 7) is 3.98. The second-order valence-corrected chi connectivity index (χ2v) is 7.48. The molecule has 1 saturated heterocycles. The van der Waals surface area contributed by atoms with Crippen molar-refractivity contribution in [2.24, 2.45) is 0 Å². The number of benzene rings is 1. The largest absolute Gasteiger partial charge is 0.383 e. The van der Waals surface area contributed by atoms with Gasteiger partial charge < -0.3 is 21.1 Å². The summed E-state index contributed by atoms with van der Waals surface area (Å²) in [5.41, 5.74) is 5.36. The molecule has 0 atom stereocenters. The minimum Gasteiger partial charge on any atom is -0.383 e. The van der Waals surface area contributed by atoms with Gasteiger partial charge in [-0.15, -0.1) is 0 Å². The Labute approximate surface area is 194 Å². The molecule has 1 aromatic carbocycles. The lowest BCUT2D eigenvalue weighted by Crippen LogP contribution is -2.30. The zero-order valence-electron chi connectivity index (χ0n) is 17.1. The molecule has 0 saturated carbocycles. The highest BCUT2D eigenvalue weighted by Gasteiger charge is 2.20. The van der Waals surface area contributed by atoms with E-state index in [2.05, 4.69) is 20.6 Å². The Morgan fingerprint density at radius 2 is 1.94 bits per heavy atom. The second-order valence-electron chi connectivity index (χ2n) is 6.66. The zero-order chi connectivity index (χ0) is 22.9. The average molecular weight is 477 g/mol. The Morgan fingerprint density at radius 3 is 2.66 bits per heavy atom. The first-order valence-electron chi connectivity index (χ1n) is 9.80. The molecular formula is C21H22Cl2N6O3. The average Bonchev–Trinajstić information content (AvgIpc) is 3.09. The summed E-state index contributed by atoms with van der Waals surface area (Å²) >= 11 is 12.3. The normalized spacial score (nSPS) is 13.4. The number of nitrogens with zero attached hydrogens (tertiary/aromatic N) is 3. The van der Waals surface area contributed by atoms with Gasteiger partial charge in [0, 0.05) is 19.3 Å². The molecule has 1 amide bonds. The molecule has 11 heteroatoms. The minimum absolute atomic E-state index is 0.203. The fraction of sp³-hybridized carbons (Fsp3) is 0.238. The predicted octanol–water partition coefficient (Wildman–Crippen LogP) is 2.77. The number of anilines is 2. The number of ether oxygens (including phenoxy) is 1. The van der Waals surface area contributed by atoms with Gasteiger partial charge in [-0.3, -0.25) is 19.1 Å². The molecule has 4 N–H and O–H groups in total. The van der Waals surface area contributed by atoms with Crippen molar-refractivity contribution in [3.05, 3.63) is 75.0 Å². The van der Waals surface area contributed by atoms with Gasteiger partial charge in [0.05, 0.1) is 34.2 Å². The van der Waals surface area contributed by atoms with Crippen molar-refractivity contribution in [1.29, 1.82) is 0 Å². The van der Waals surface area contributed by atoms with E-state index in [1.807, 2.05) is 0 Å². The maximum atomic E-state index is 12.8. The fourth-order valence-corrected chi connectivity index (χ4v) is 3.44. The summed E-state index contributed by atoms with van der Waals surface area (Å²) in [5.74, 6) is -0.911. The van der Waals surface area contributed by atoms with E-state index in [0.29, 0.717) is 5.69 Å². The molecule has 3 heterocycles. The summed E-state index contributed by atoms with van der Waals surface area (Å²) < 4.78 is 6.21. The Morgan fingerprint density at radius 1 is 1.16 bits per heavy atom. The highest BCUT2D eigenvalue weighted by molar-refractivity contribution is 6.37. The van der Waals surface area contributed by atoms with Crippen molar-refractivity contribution < 1.29 is 9.53 Å². The van der Waals surface area contributed by atoms with E-state index in [-0.39, 0.29) is 27.1 Å². The van der Waals surface area contributed by atoms with E-state index in [0.717, 1.165) is 30.9 Å². The number of hydrogen-bond donors (Lipinski definition) is 3. The number of carbonyl (C=O) groups excluding carboxylic acids is 1. The highest BCUT2D eigenvalue weighted by Crippen LogP contribution is 2.27. The molecule has 0 radical (unpaired) electrons. The molecule has 9 nitrogen and oxygen atoms in total. The first-order chi connectivity index (χ1) is 15.5. The van der Waals surface area contributed by atoms with E-state index >= 15 is 0 Å². The van der Waals surface area contributed by atoms with Gasteiger partial charge in [-0.25, -0.2) is 4.98 Å². The van der Waals surface area contributed by atoms with Gasteiger partial charge in [0.1, 0.15) is 17.7 Å². The number of aromatic nitrogens is 3. The fourth-order valence-electron chi connectivity index (χ4n) is 2.86. The number of nitrogens with one attached hydrogen (secondary N) is 2. The summed E-state index contributed by atoms with van der Waals surface area (Å²) in [6, 6.07) is 8.05. The molecular weight excluding hydrogens is 455 g/mol. The highest BCUT2D eigenvalue weighted by atomic mass is 35.5. The van der Waals surface area contributed by atoms with Crippen molar-refractivity contribution in [3.8, 4) is 5.69 Å². The lowest BCUT2D eigenvalue weighted by molar-refractivity contribution is 0.102. The topological polar surface area (TPSA) is 124 Å². The summed E-state index contributed by atoms with van der Waals surface area (Å²) in [4.78, 5) is 33.0. The first kappa shape index (κ1) is 23.7. The third-order valence-electron chi connectivity index (χ3n) is 4.39. The maximum absolute atomic E-state index is 12.8. The molecule has 3 aromatic rings. The molecule has 1 fully saturated rings. The van der Waals surface area contributed by atoms with Crippen LogP contribution in [0.3, 0.4) is 0 Å². The van der Waals surface area contributed by atoms with Gasteiger partial charge in [-0.1, -0.05) is 29.3 Å². The summed E-state index contributed by atoms with van der Waals surface area (Å²) in [5, 5.41) is 6.24. The van der Waals surface area contributed by atoms with Crippen LogP contribution in [0.5, 0.6) is 0 Å². The van der Waals surface area contributed by atoms with E-state index in [1.165, 1.54) is 18.9 Å². The van der Waals surface area contributed by atoms with Crippen LogP contribution in [0.4, 0.5) is 11.5 Å². The minimum atomic E-state index is -0.708. The van der Waals surface area contributed by atoms with Crippen LogP contribution >= 0.6 is 23.2 Å². The Hall–Kier alpha value is -2.98. The van der Waals surface area contributed by atoms with Crippen LogP contribution in [0.1, 0.15) is 16.8 Å². The molecule has 0 bridgehead atoms. The molecule has 2 aromatic heterocycles. The Balaban J connectivity index is 0.000000352. The van der Waals surface area contributed by atoms with Gasteiger partial charge in [0.25, 0.3) is 11.5 Å². The number of halogens is 2. The third kappa shape index (κ3) is 6.04. The Kier molecular flexibility index (Phi) is 8.57. The van der Waals surface area contributed by atoms with Gasteiger partial charge in [0.15, 0.2) is 0 Å². The van der Waals surface area contributed by atoms with Crippen LogP contribution in [-0.4, -0.2) is 46.7 Å². The van der Waals surface area contributed by atoms with Crippen LogP contribution in [0.25, 0.3) is 5.69 Å². The van der Waals surface area contributed by atoms with Crippen molar-refractivity contribution >= 4 is 40.6 Å². The molecule has 1 aliphatic rings. The van der Waals surface area contributed by atoms with Crippen LogP contribution in [-0.2, 0) is 4.74 Å². The van der Waals surface area contributed by atoms with Gasteiger partial charge >= 0.3 is 0 Å². The SMILES string of the molecule is C1CNCCOC1.Nc1ncn(-c2c(Cl)cccc2Cl)c(=O)c1C(=O)Nc1cccnc1. The number of nitrogens with two attached hydrogens (primary N) is 1. The van der Waals surface area contributed by atoms with Gasteiger partial charge in [0.2, 0.25) is 0 Å². The quantitative estimate of drug-likeness (QED) is 0.530. The molecule has 168 valence electrons. The van der Waals surface area contributed by atoms with Gasteiger partial charge in [-0.05, 0) is 37.2 Å². The smallest absolute Gasteiger partial charge is 0.273 e. The number of hydrogen-bond acceptors (Lipinski definition) is 7. The van der Waals surface area contributed by atoms with E-state index in [9.17, 15) is 9.59 Å². The zero-order valence-corrected chi connectivity index (χ0v) is 18.6. The van der Waals surface area contributed by atoms with Crippen molar-refractivity contribution in [2.45, 2.75) is 6.42 Å². The summed E-state index contributed by atoms with van der Waals surface area (Å²) in [6.07, 6.45) is 5.33. The second kappa shape index (κ2) is 11.6. The van der Waals surface area contributed by atoms with Crippen LogP contribution in [0.2, 0.25) is 10.0 Å². The number of nitrogen functional groups attached to an aromatic ring is 1. The molecule has 32 heavy (non-hydrogen) atoms. The number of carbonyl (C=O) groups is 1. The number of rotatable bonds is 3. The van der Waals surface area contributed by atoms with Crippen LogP contribution < -0.4 is 21.9 Å². The van der Waals surface area contributed by atoms with E-state index < -0.39 is 11.5 Å². The molecule has 4 rings (SSSR count). The molecule has 0 spiro atoms. The van der Waals surface area contributed by atoms with Crippen molar-refractivity contribution in [2.75, 3.05) is 37.4 Å². The van der Waals surface area contributed by atoms with Crippen LogP contribution in [0.15, 0.2) is 53.8 Å². The number of para-hydroxylation sites is 1. The van der Waals surface area contributed by atoms with Crippen molar-refractivity contribution in [3.63, 3.8) is 0 Å². The van der Waals surface area contributed by atoms with E-state index in [1.54, 1.807) is 36.5 Å². The Bertz CT molecular complexity index is 1080. The predicted molar refractivity (Wildman–Crippen MR) is 125 cm³/mol. The maximum Gasteiger partial charge on any atom is 0.273 e. The number of amides is 1. The molecule has 0 aliphatic carbocycles. The lowest BCUT2D eigenvalue weighted by atomic mass is 10.2. The number of pyridine rings is 1. The molecule has 0 unspecified atom stereocenters.